The minimum atomic E-state index is -1.62. The number of esters is 2. The monoisotopic (exact) mass is 886 g/mol. The van der Waals surface area contributed by atoms with E-state index in [-0.39, 0.29) is 38.6 Å². The van der Waals surface area contributed by atoms with E-state index in [9.17, 15) is 19.5 Å². The summed E-state index contributed by atoms with van der Waals surface area (Å²) in [5.74, 6) is -2.30. The van der Waals surface area contributed by atoms with Gasteiger partial charge in [0.2, 0.25) is 0 Å². The molecule has 0 aliphatic heterocycles. The van der Waals surface area contributed by atoms with E-state index in [1.54, 1.807) is 0 Å². The van der Waals surface area contributed by atoms with Gasteiger partial charge in [-0.15, -0.1) is 0 Å². The van der Waals surface area contributed by atoms with E-state index in [0.717, 1.165) is 83.5 Å². The Morgan fingerprint density at radius 1 is 0.492 bits per heavy atom. The van der Waals surface area contributed by atoms with Crippen molar-refractivity contribution in [1.82, 2.24) is 0 Å². The predicted molar refractivity (Wildman–Crippen MR) is 260 cm³/mol. The maximum absolute atomic E-state index is 12.8. The highest BCUT2D eigenvalue weighted by molar-refractivity contribution is 5.70. The van der Waals surface area contributed by atoms with Crippen LogP contribution < -0.4 is 5.11 Å². The summed E-state index contributed by atoms with van der Waals surface area (Å²) in [6, 6.07) is 0. The van der Waals surface area contributed by atoms with Gasteiger partial charge in [0.25, 0.3) is 0 Å². The second kappa shape index (κ2) is 45.6. The molecule has 0 heterocycles. The second-order valence-electron chi connectivity index (χ2n) is 18.1. The molecule has 2 atom stereocenters. The lowest BCUT2D eigenvalue weighted by atomic mass is 10.0. The second-order valence-corrected chi connectivity index (χ2v) is 18.1. The van der Waals surface area contributed by atoms with Crippen LogP contribution in [0.1, 0.15) is 206 Å². The summed E-state index contributed by atoms with van der Waals surface area (Å²) in [5, 5.41) is 11.7. The van der Waals surface area contributed by atoms with Crippen molar-refractivity contribution in [2.75, 3.05) is 47.5 Å². The minimum Gasteiger partial charge on any atom is -0.545 e. The van der Waals surface area contributed by atoms with E-state index >= 15 is 0 Å². The van der Waals surface area contributed by atoms with Gasteiger partial charge in [0.05, 0.1) is 40.3 Å². The molecule has 0 aliphatic rings. The molecule has 0 amide bonds. The first-order valence-corrected chi connectivity index (χ1v) is 25.4. The molecular formula is C54H95NO8. The number of nitrogens with zero attached hydrogens (tertiary/aromatic N) is 1. The summed E-state index contributed by atoms with van der Waals surface area (Å²) in [7, 11) is 5.91. The molecule has 0 fully saturated rings. The molecule has 0 aliphatic carbocycles. The lowest BCUT2D eigenvalue weighted by molar-refractivity contribution is -0.870. The average Bonchev–Trinajstić information content (AvgIpc) is 3.24. The predicted octanol–water partition coefficient (Wildman–Crippen LogP) is 12.8. The molecule has 2 unspecified atom stereocenters. The topological polar surface area (TPSA) is 111 Å². The number of carboxylic acids is 1. The molecule has 9 nitrogen and oxygen atoms in total. The summed E-state index contributed by atoms with van der Waals surface area (Å²) in [6.07, 6.45) is 52.6. The van der Waals surface area contributed by atoms with Gasteiger partial charge in [-0.1, -0.05) is 177 Å². The van der Waals surface area contributed by atoms with Crippen LogP contribution in [0, 0.1) is 0 Å². The van der Waals surface area contributed by atoms with Gasteiger partial charge in [-0.3, -0.25) is 9.59 Å². The van der Waals surface area contributed by atoms with Crippen molar-refractivity contribution in [1.29, 1.82) is 0 Å². The SMILES string of the molecule is CC/C=C\C/C=C\C/C=C\C/C=C\CCCCCCCCCCCCCCC(=O)OC(COC(=O)CCCCCCC/C=C\CCCCCC)COC(OCC[N+](C)(C)C)C(=O)[O-]. The van der Waals surface area contributed by atoms with Gasteiger partial charge in [-0.05, 0) is 77.0 Å². The number of carbonyl (C=O) groups is 3. The van der Waals surface area contributed by atoms with Gasteiger partial charge in [0.1, 0.15) is 13.2 Å². The van der Waals surface area contributed by atoms with Crippen molar-refractivity contribution < 1.29 is 42.9 Å². The number of hydrogen-bond donors (Lipinski definition) is 0. The first-order valence-electron chi connectivity index (χ1n) is 25.4. The van der Waals surface area contributed by atoms with Crippen molar-refractivity contribution in [3.63, 3.8) is 0 Å². The number of carboxylic acid groups (broad SMARTS) is 1. The van der Waals surface area contributed by atoms with Crippen LogP contribution in [-0.2, 0) is 33.3 Å². The van der Waals surface area contributed by atoms with Gasteiger partial charge < -0.3 is 33.3 Å². The molecule has 0 saturated heterocycles. The minimum absolute atomic E-state index is 0.144. The van der Waals surface area contributed by atoms with Crippen LogP contribution in [0.2, 0.25) is 0 Å². The number of hydrogen-bond acceptors (Lipinski definition) is 8. The molecule has 0 rings (SSSR count). The first-order chi connectivity index (χ1) is 30.6. The smallest absolute Gasteiger partial charge is 0.306 e. The third-order valence-electron chi connectivity index (χ3n) is 10.7. The molecule has 0 N–H and O–H groups in total. The fourth-order valence-corrected chi connectivity index (χ4v) is 6.81. The molecule has 0 saturated carbocycles. The standard InChI is InChI=1S/C54H95NO8/c1-6-8-10-12-14-16-18-20-21-22-23-24-25-26-27-28-29-30-31-33-35-37-39-41-43-45-52(57)63-50(49-62-54(53(58)59)60-47-46-55(3,4)5)48-61-51(56)44-42-40-38-36-34-32-19-17-15-13-11-9-7-2/h8,10,14,16-17,19-21,23-24,50,54H,6-7,9,11-13,15,18,22,25-49H2,1-5H3/b10-8-,16-14-,19-17-,21-20-,24-23-. The highest BCUT2D eigenvalue weighted by atomic mass is 16.7. The summed E-state index contributed by atoms with van der Waals surface area (Å²) in [4.78, 5) is 37.1. The summed E-state index contributed by atoms with van der Waals surface area (Å²) in [5.41, 5.74) is 0. The molecule has 0 radical (unpaired) electrons. The zero-order valence-electron chi connectivity index (χ0n) is 41.2. The molecule has 0 aromatic heterocycles. The summed E-state index contributed by atoms with van der Waals surface area (Å²) >= 11 is 0. The van der Waals surface area contributed by atoms with Crippen molar-refractivity contribution >= 4 is 17.9 Å². The quantitative estimate of drug-likeness (QED) is 0.0195. The van der Waals surface area contributed by atoms with Crippen LogP contribution in [0.25, 0.3) is 0 Å². The Morgan fingerprint density at radius 2 is 0.905 bits per heavy atom. The zero-order valence-corrected chi connectivity index (χ0v) is 41.2. The van der Waals surface area contributed by atoms with Crippen molar-refractivity contribution in [2.24, 2.45) is 0 Å². The first kappa shape index (κ1) is 60.0. The molecule has 0 aromatic carbocycles. The van der Waals surface area contributed by atoms with E-state index in [4.69, 9.17) is 18.9 Å². The Bertz CT molecular complexity index is 1220. The molecule has 63 heavy (non-hydrogen) atoms. The highest BCUT2D eigenvalue weighted by Crippen LogP contribution is 2.15. The Morgan fingerprint density at radius 3 is 1.37 bits per heavy atom. The number of carbonyl (C=O) groups excluding carboxylic acids is 3. The fourth-order valence-electron chi connectivity index (χ4n) is 6.81. The van der Waals surface area contributed by atoms with Gasteiger partial charge in [0, 0.05) is 12.8 Å². The van der Waals surface area contributed by atoms with Crippen LogP contribution >= 0.6 is 0 Å². The van der Waals surface area contributed by atoms with Crippen molar-refractivity contribution in [3.8, 4) is 0 Å². The van der Waals surface area contributed by atoms with Gasteiger partial charge >= 0.3 is 11.9 Å². The lowest BCUT2D eigenvalue weighted by Gasteiger charge is -2.26. The molecule has 0 aromatic rings. The van der Waals surface area contributed by atoms with E-state index < -0.39 is 24.3 Å². The van der Waals surface area contributed by atoms with E-state index in [2.05, 4.69) is 74.6 Å². The number of likely N-dealkylation sites (N-methyl/N-ethyl adjacent to an activating group) is 1. The Hall–Kier alpha value is -3.01. The fraction of sp³-hybridized carbons (Fsp3) is 0.759. The van der Waals surface area contributed by atoms with E-state index in [1.165, 1.54) is 89.9 Å². The largest absolute Gasteiger partial charge is 0.545 e. The summed E-state index contributed by atoms with van der Waals surface area (Å²) in [6.45, 7) is 4.60. The third-order valence-corrected chi connectivity index (χ3v) is 10.7. The van der Waals surface area contributed by atoms with Crippen LogP contribution in [0.5, 0.6) is 0 Å². The van der Waals surface area contributed by atoms with Crippen molar-refractivity contribution in [3.05, 3.63) is 60.8 Å². The molecule has 364 valence electrons. The van der Waals surface area contributed by atoms with Gasteiger partial charge in [-0.2, -0.15) is 0 Å². The third kappa shape index (κ3) is 46.8. The van der Waals surface area contributed by atoms with Crippen molar-refractivity contribution in [2.45, 2.75) is 219 Å². The maximum atomic E-state index is 12.8. The molecule has 9 heteroatoms. The number of ether oxygens (including phenoxy) is 4. The maximum Gasteiger partial charge on any atom is 0.306 e. The zero-order chi connectivity index (χ0) is 46.3. The molecule has 0 spiro atoms. The number of allylic oxidation sites excluding steroid dienone is 10. The van der Waals surface area contributed by atoms with Crippen LogP contribution in [0.15, 0.2) is 60.8 Å². The van der Waals surface area contributed by atoms with E-state index in [1.807, 2.05) is 21.1 Å². The van der Waals surface area contributed by atoms with Gasteiger partial charge in [0.15, 0.2) is 12.4 Å². The number of unbranched alkanes of at least 4 members (excludes halogenated alkanes) is 21. The van der Waals surface area contributed by atoms with Crippen LogP contribution in [0.3, 0.4) is 0 Å². The van der Waals surface area contributed by atoms with Crippen LogP contribution in [-0.4, -0.2) is 82.3 Å². The summed E-state index contributed by atoms with van der Waals surface area (Å²) < 4.78 is 22.6. The van der Waals surface area contributed by atoms with E-state index in [0.29, 0.717) is 17.4 Å². The lowest BCUT2D eigenvalue weighted by Crippen LogP contribution is -2.44. The Kier molecular flexibility index (Phi) is 43.4. The Balaban J connectivity index is 4.29. The molecule has 0 bridgehead atoms. The number of rotatable bonds is 46. The molecular weight excluding hydrogens is 791 g/mol. The Labute approximate surface area is 386 Å². The highest BCUT2D eigenvalue weighted by Gasteiger charge is 2.21. The van der Waals surface area contributed by atoms with Crippen LogP contribution in [0.4, 0.5) is 0 Å². The normalized spacial score (nSPS) is 13.3. The number of quaternary nitrogens is 1. The van der Waals surface area contributed by atoms with Gasteiger partial charge in [-0.25, -0.2) is 0 Å². The average molecular weight is 886 g/mol. The number of aliphatic carboxylic acids is 1.